The summed E-state index contributed by atoms with van der Waals surface area (Å²) >= 11 is 0. The topological polar surface area (TPSA) is 88.3 Å². The number of rotatable bonds is 5. The van der Waals surface area contributed by atoms with Crippen molar-refractivity contribution in [1.82, 2.24) is 9.78 Å². The number of amides is 2. The summed E-state index contributed by atoms with van der Waals surface area (Å²) in [7, 11) is 1.54. The number of nitrogens with one attached hydrogen (secondary N) is 1. The van der Waals surface area contributed by atoms with Crippen LogP contribution in [-0.4, -0.2) is 28.7 Å². The van der Waals surface area contributed by atoms with Gasteiger partial charge in [-0.05, 0) is 69.7 Å². The lowest BCUT2D eigenvalue weighted by atomic mass is 10.1. The van der Waals surface area contributed by atoms with Gasteiger partial charge < -0.3 is 4.74 Å². The Morgan fingerprint density at radius 1 is 0.865 bits per heavy atom. The molecule has 0 unspecified atom stereocenters. The molecule has 0 fully saturated rings. The van der Waals surface area contributed by atoms with Crippen molar-refractivity contribution in [3.05, 3.63) is 105 Å². The molecule has 0 bridgehead atoms. The minimum atomic E-state index is -0.564. The van der Waals surface area contributed by atoms with Crippen molar-refractivity contribution in [2.75, 3.05) is 12.0 Å². The fourth-order valence-electron chi connectivity index (χ4n) is 4.75. The largest absolute Gasteiger partial charge is 0.497 e. The molecular weight excluding hydrogens is 468 g/mol. The Bertz CT molecular complexity index is 1660. The number of imide groups is 1. The van der Waals surface area contributed by atoms with Gasteiger partial charge in [0.15, 0.2) is 12.4 Å². The van der Waals surface area contributed by atoms with Crippen molar-refractivity contribution in [1.29, 1.82) is 0 Å². The van der Waals surface area contributed by atoms with E-state index in [9.17, 15) is 14.4 Å². The minimum Gasteiger partial charge on any atom is -0.497 e. The Morgan fingerprint density at radius 3 is 2.24 bits per heavy atom. The van der Waals surface area contributed by atoms with E-state index in [0.29, 0.717) is 22.8 Å². The summed E-state index contributed by atoms with van der Waals surface area (Å²) in [6.07, 6.45) is 3.47. The normalized spacial score (nSPS) is 13.6. The van der Waals surface area contributed by atoms with Crippen molar-refractivity contribution >= 4 is 28.8 Å². The molecule has 8 nitrogen and oxygen atoms in total. The lowest BCUT2D eigenvalue weighted by Gasteiger charge is -2.14. The van der Waals surface area contributed by atoms with E-state index in [0.717, 1.165) is 21.6 Å². The summed E-state index contributed by atoms with van der Waals surface area (Å²) in [6.45, 7) is 7.54. The number of anilines is 1. The molecule has 1 aliphatic rings. The van der Waals surface area contributed by atoms with Crippen molar-refractivity contribution in [3.8, 4) is 11.4 Å². The number of H-pyrrole nitrogens is 1. The molecule has 0 atom stereocenters. The highest BCUT2D eigenvalue weighted by molar-refractivity contribution is 6.53. The molecule has 2 amide bonds. The third-order valence-electron chi connectivity index (χ3n) is 6.51. The van der Waals surface area contributed by atoms with Crippen LogP contribution in [0.25, 0.3) is 17.0 Å². The van der Waals surface area contributed by atoms with E-state index >= 15 is 0 Å². The van der Waals surface area contributed by atoms with E-state index in [2.05, 4.69) is 5.10 Å². The number of aromatic nitrogens is 3. The van der Waals surface area contributed by atoms with Gasteiger partial charge in [0.25, 0.3) is 17.2 Å². The molecule has 2 aromatic heterocycles. The molecule has 1 N–H and O–H groups in total. The van der Waals surface area contributed by atoms with Crippen LogP contribution in [0.3, 0.4) is 0 Å². The second-order valence-corrected chi connectivity index (χ2v) is 9.20. The first-order valence-corrected chi connectivity index (χ1v) is 11.9. The van der Waals surface area contributed by atoms with E-state index in [-0.39, 0.29) is 16.8 Å². The quantitative estimate of drug-likeness (QED) is 0.338. The zero-order chi connectivity index (χ0) is 26.4. The number of carbonyl (C=O) groups excluding carboxylic acids is 2. The number of ether oxygens (including phenoxy) is 1. The molecular formula is C29H27N4O4+. The number of aryl methyl sites for hydroxylation is 4. The summed E-state index contributed by atoms with van der Waals surface area (Å²) < 4.78 is 8.26. The Hall–Kier alpha value is -4.72. The average Bonchev–Trinajstić information content (AvgIpc) is 3.29. The standard InChI is InChI=1S/C29H26N4O4/c1-17-8-13-23(19(3)15-17)33-28(35)24(20(4)30-33)25-26(31-14-6-7-18(2)16-31)29(36)32(27(25)34)21-9-11-22(37-5)12-10-21/h6-16H,1-5H3/p+1. The fraction of sp³-hybridized carbons (Fsp3) is 0.172. The van der Waals surface area contributed by atoms with Crippen LogP contribution in [0.1, 0.15) is 27.9 Å². The third-order valence-corrected chi connectivity index (χ3v) is 6.51. The van der Waals surface area contributed by atoms with Gasteiger partial charge in [-0.3, -0.25) is 19.5 Å². The molecule has 37 heavy (non-hydrogen) atoms. The van der Waals surface area contributed by atoms with Gasteiger partial charge in [-0.1, -0.05) is 17.7 Å². The zero-order valence-electron chi connectivity index (χ0n) is 21.3. The van der Waals surface area contributed by atoms with Crippen LogP contribution >= 0.6 is 0 Å². The Labute approximate surface area is 214 Å². The number of benzene rings is 2. The summed E-state index contributed by atoms with van der Waals surface area (Å²) in [5, 5.41) is 3.12. The van der Waals surface area contributed by atoms with Crippen LogP contribution < -0.4 is 19.8 Å². The van der Waals surface area contributed by atoms with E-state index in [4.69, 9.17) is 4.74 Å². The molecule has 0 saturated heterocycles. The van der Waals surface area contributed by atoms with E-state index in [1.54, 1.807) is 61.3 Å². The monoisotopic (exact) mass is 495 g/mol. The minimum absolute atomic E-state index is 0.0543. The summed E-state index contributed by atoms with van der Waals surface area (Å²) in [5.41, 5.74) is 4.38. The molecule has 0 aliphatic carbocycles. The molecule has 4 aromatic rings. The maximum atomic E-state index is 13.9. The molecule has 186 valence electrons. The van der Waals surface area contributed by atoms with Crippen molar-refractivity contribution < 1.29 is 18.9 Å². The molecule has 0 radical (unpaired) electrons. The molecule has 5 rings (SSSR count). The van der Waals surface area contributed by atoms with Crippen LogP contribution in [0.15, 0.2) is 71.8 Å². The van der Waals surface area contributed by atoms with E-state index in [1.807, 2.05) is 45.0 Å². The SMILES string of the molecule is COc1ccc(N2C(=O)C(c3c(C)[nH]n(-c4ccc(C)cc4C)c3=O)=C([n+]3cccc(C)c3)C2=O)cc1. The molecule has 2 aromatic carbocycles. The van der Waals surface area contributed by atoms with Gasteiger partial charge in [-0.2, -0.15) is 4.57 Å². The Balaban J connectivity index is 1.74. The first-order valence-electron chi connectivity index (χ1n) is 11.9. The second kappa shape index (κ2) is 9.05. The first kappa shape index (κ1) is 24.0. The lowest BCUT2D eigenvalue weighted by Crippen LogP contribution is -2.39. The number of nitrogens with zero attached hydrogens (tertiary/aromatic N) is 3. The smallest absolute Gasteiger partial charge is 0.331 e. The lowest BCUT2D eigenvalue weighted by molar-refractivity contribution is -0.577. The maximum absolute atomic E-state index is 13.9. The Kier molecular flexibility index (Phi) is 5.87. The van der Waals surface area contributed by atoms with Crippen LogP contribution in [-0.2, 0) is 9.59 Å². The number of pyridine rings is 1. The van der Waals surface area contributed by atoms with Gasteiger partial charge in [0.2, 0.25) is 0 Å². The summed E-state index contributed by atoms with van der Waals surface area (Å²) in [4.78, 5) is 42.7. The van der Waals surface area contributed by atoms with Crippen LogP contribution in [0, 0.1) is 27.7 Å². The van der Waals surface area contributed by atoms with Gasteiger partial charge in [0.1, 0.15) is 11.3 Å². The van der Waals surface area contributed by atoms with Gasteiger partial charge in [0, 0.05) is 17.3 Å². The van der Waals surface area contributed by atoms with Crippen molar-refractivity contribution in [2.24, 2.45) is 0 Å². The van der Waals surface area contributed by atoms with Crippen molar-refractivity contribution in [3.63, 3.8) is 0 Å². The van der Waals surface area contributed by atoms with Gasteiger partial charge in [-0.15, -0.1) is 0 Å². The molecule has 8 heteroatoms. The molecule has 0 spiro atoms. The van der Waals surface area contributed by atoms with Gasteiger partial charge >= 0.3 is 5.91 Å². The molecule has 3 heterocycles. The maximum Gasteiger partial charge on any atom is 0.331 e. The van der Waals surface area contributed by atoms with E-state index in [1.165, 1.54) is 4.68 Å². The highest BCUT2D eigenvalue weighted by atomic mass is 16.5. The first-order chi connectivity index (χ1) is 17.7. The fourth-order valence-corrected chi connectivity index (χ4v) is 4.75. The number of hydrogen-bond acceptors (Lipinski definition) is 4. The average molecular weight is 496 g/mol. The van der Waals surface area contributed by atoms with Gasteiger partial charge in [0.05, 0.1) is 24.0 Å². The van der Waals surface area contributed by atoms with Crippen LogP contribution in [0.2, 0.25) is 0 Å². The second-order valence-electron chi connectivity index (χ2n) is 9.20. The van der Waals surface area contributed by atoms with E-state index < -0.39 is 17.4 Å². The number of methoxy groups -OCH3 is 1. The Morgan fingerprint density at radius 2 is 1.59 bits per heavy atom. The predicted molar refractivity (Wildman–Crippen MR) is 141 cm³/mol. The number of aromatic amines is 1. The number of hydrogen-bond donors (Lipinski definition) is 1. The highest BCUT2D eigenvalue weighted by Gasteiger charge is 2.48. The van der Waals surface area contributed by atoms with Crippen molar-refractivity contribution in [2.45, 2.75) is 27.7 Å². The highest BCUT2D eigenvalue weighted by Crippen LogP contribution is 2.34. The van der Waals surface area contributed by atoms with Crippen LogP contribution in [0.4, 0.5) is 5.69 Å². The number of carbonyl (C=O) groups is 2. The zero-order valence-corrected chi connectivity index (χ0v) is 21.3. The molecule has 1 aliphatic heterocycles. The predicted octanol–water partition coefficient (Wildman–Crippen LogP) is 3.64. The summed E-state index contributed by atoms with van der Waals surface area (Å²) in [6, 6.07) is 16.1. The molecule has 0 saturated carbocycles. The van der Waals surface area contributed by atoms with Crippen LogP contribution in [0.5, 0.6) is 5.75 Å². The summed E-state index contributed by atoms with van der Waals surface area (Å²) in [5.74, 6) is -0.480. The third kappa shape index (κ3) is 3.96. The van der Waals surface area contributed by atoms with Gasteiger partial charge in [-0.25, -0.2) is 9.58 Å².